The minimum absolute atomic E-state index is 0.583. The van der Waals surface area contributed by atoms with Crippen LogP contribution in [-0.4, -0.2) is 41.2 Å². The minimum atomic E-state index is 0.583. The summed E-state index contributed by atoms with van der Waals surface area (Å²) < 4.78 is 2.46. The Morgan fingerprint density at radius 1 is 0.960 bits per heavy atom. The molecule has 1 aromatic heterocycles. The molecule has 132 valence electrons. The summed E-state index contributed by atoms with van der Waals surface area (Å²) in [4.78, 5) is 2.59. The summed E-state index contributed by atoms with van der Waals surface area (Å²) in [6.07, 6.45) is 1.16. The molecule has 4 rings (SSSR count). The van der Waals surface area contributed by atoms with E-state index < -0.39 is 0 Å². The lowest BCUT2D eigenvalue weighted by molar-refractivity contribution is 0.170. The van der Waals surface area contributed by atoms with Gasteiger partial charge >= 0.3 is 0 Å². The minimum Gasteiger partial charge on any atom is -0.399 e. The Kier molecular flexibility index (Phi) is 4.40. The van der Waals surface area contributed by atoms with Gasteiger partial charge in [0, 0.05) is 59.2 Å². The van der Waals surface area contributed by atoms with Crippen LogP contribution in [0.4, 0.5) is 5.69 Å². The van der Waals surface area contributed by atoms with Crippen molar-refractivity contribution in [3.8, 4) is 0 Å². The second kappa shape index (κ2) is 6.70. The second-order valence-electron chi connectivity index (χ2n) is 7.53. The van der Waals surface area contributed by atoms with Crippen molar-refractivity contribution in [1.29, 1.82) is 0 Å². The number of nitrogen functional groups attached to an aromatic ring is 1. The normalized spacial score (nSPS) is 22.0. The lowest BCUT2D eigenvalue weighted by Gasteiger charge is -2.36. The number of hydrogen-bond acceptors (Lipinski definition) is 3. The SMILES string of the molecule is CC1CN(CCCn2c3ccccc3c3cc(N)ccc32)CC(C)N1. The van der Waals surface area contributed by atoms with E-state index in [1.807, 2.05) is 6.07 Å². The second-order valence-corrected chi connectivity index (χ2v) is 7.53. The van der Waals surface area contributed by atoms with Gasteiger partial charge in [0.2, 0.25) is 0 Å². The van der Waals surface area contributed by atoms with Gasteiger partial charge < -0.3 is 20.5 Å². The fourth-order valence-corrected chi connectivity index (χ4v) is 4.39. The number of benzene rings is 2. The molecular weight excluding hydrogens is 308 g/mol. The number of nitrogens with zero attached hydrogens (tertiary/aromatic N) is 2. The number of para-hydroxylation sites is 1. The third-order valence-electron chi connectivity index (χ3n) is 5.29. The summed E-state index contributed by atoms with van der Waals surface area (Å²) in [5.41, 5.74) is 9.46. The van der Waals surface area contributed by atoms with E-state index >= 15 is 0 Å². The first-order valence-corrected chi connectivity index (χ1v) is 9.36. The summed E-state index contributed by atoms with van der Waals surface area (Å²) in [6, 6.07) is 16.1. The van der Waals surface area contributed by atoms with Crippen molar-refractivity contribution in [3.63, 3.8) is 0 Å². The Bertz CT molecular complexity index is 872. The van der Waals surface area contributed by atoms with Crippen molar-refractivity contribution in [2.75, 3.05) is 25.4 Å². The van der Waals surface area contributed by atoms with Crippen LogP contribution in [0, 0.1) is 0 Å². The molecule has 0 spiro atoms. The molecule has 25 heavy (non-hydrogen) atoms. The molecule has 0 saturated carbocycles. The molecule has 0 aliphatic carbocycles. The first kappa shape index (κ1) is 16.4. The molecule has 2 atom stereocenters. The number of hydrogen-bond donors (Lipinski definition) is 2. The lowest BCUT2D eigenvalue weighted by Crippen LogP contribution is -2.54. The van der Waals surface area contributed by atoms with Crippen LogP contribution in [0.15, 0.2) is 42.5 Å². The smallest absolute Gasteiger partial charge is 0.0492 e. The number of rotatable bonds is 4. The number of nitrogens with two attached hydrogens (primary N) is 1. The summed E-state index contributed by atoms with van der Waals surface area (Å²) in [5.74, 6) is 0. The summed E-state index contributed by atoms with van der Waals surface area (Å²) in [5, 5.41) is 6.17. The van der Waals surface area contributed by atoms with Gasteiger partial charge in [-0.3, -0.25) is 0 Å². The first-order valence-electron chi connectivity index (χ1n) is 9.36. The highest BCUT2D eigenvalue weighted by Gasteiger charge is 2.20. The van der Waals surface area contributed by atoms with Crippen molar-refractivity contribution >= 4 is 27.5 Å². The van der Waals surface area contributed by atoms with E-state index in [1.165, 1.54) is 21.8 Å². The summed E-state index contributed by atoms with van der Waals surface area (Å²) in [6.45, 7) is 9.04. The molecule has 4 nitrogen and oxygen atoms in total. The molecule has 0 bridgehead atoms. The average Bonchev–Trinajstić information content (AvgIpc) is 2.88. The number of aryl methyl sites for hydroxylation is 1. The fourth-order valence-electron chi connectivity index (χ4n) is 4.39. The third-order valence-corrected chi connectivity index (χ3v) is 5.29. The highest BCUT2D eigenvalue weighted by Crippen LogP contribution is 2.30. The Hall–Kier alpha value is -2.04. The van der Waals surface area contributed by atoms with E-state index in [4.69, 9.17) is 5.73 Å². The number of anilines is 1. The lowest BCUT2D eigenvalue weighted by atomic mass is 10.1. The van der Waals surface area contributed by atoms with Crippen LogP contribution in [0.25, 0.3) is 21.8 Å². The van der Waals surface area contributed by atoms with Crippen LogP contribution in [-0.2, 0) is 6.54 Å². The molecule has 1 fully saturated rings. The third kappa shape index (κ3) is 3.24. The molecule has 0 amide bonds. The molecule has 3 aromatic rings. The van der Waals surface area contributed by atoms with E-state index in [0.29, 0.717) is 12.1 Å². The summed E-state index contributed by atoms with van der Waals surface area (Å²) >= 11 is 0. The van der Waals surface area contributed by atoms with Gasteiger partial charge in [0.05, 0.1) is 0 Å². The fraction of sp³-hybridized carbons (Fsp3) is 0.429. The zero-order chi connectivity index (χ0) is 17.4. The maximum atomic E-state index is 6.03. The number of nitrogens with one attached hydrogen (secondary N) is 1. The molecule has 0 radical (unpaired) electrons. The van der Waals surface area contributed by atoms with Crippen LogP contribution >= 0.6 is 0 Å². The molecule has 4 heteroatoms. The Morgan fingerprint density at radius 2 is 1.68 bits per heavy atom. The van der Waals surface area contributed by atoms with E-state index in [0.717, 1.165) is 38.3 Å². The number of piperazine rings is 1. The maximum Gasteiger partial charge on any atom is 0.0492 e. The van der Waals surface area contributed by atoms with Crippen LogP contribution in [0.1, 0.15) is 20.3 Å². The maximum absolute atomic E-state index is 6.03. The van der Waals surface area contributed by atoms with Gasteiger partial charge in [-0.2, -0.15) is 0 Å². The molecule has 1 aliphatic rings. The molecule has 2 aromatic carbocycles. The van der Waals surface area contributed by atoms with Gasteiger partial charge in [-0.1, -0.05) is 18.2 Å². The number of fused-ring (bicyclic) bond motifs is 3. The summed E-state index contributed by atoms with van der Waals surface area (Å²) in [7, 11) is 0. The molecular formula is C21H28N4. The van der Waals surface area contributed by atoms with E-state index in [1.54, 1.807) is 0 Å². The monoisotopic (exact) mass is 336 g/mol. The molecule has 1 saturated heterocycles. The Morgan fingerprint density at radius 3 is 2.48 bits per heavy atom. The van der Waals surface area contributed by atoms with E-state index in [2.05, 4.69) is 65.0 Å². The number of aromatic nitrogens is 1. The van der Waals surface area contributed by atoms with Gasteiger partial charge in [-0.05, 0) is 51.1 Å². The zero-order valence-corrected chi connectivity index (χ0v) is 15.2. The van der Waals surface area contributed by atoms with Gasteiger partial charge in [-0.25, -0.2) is 0 Å². The quantitative estimate of drug-likeness (QED) is 0.717. The van der Waals surface area contributed by atoms with E-state index in [9.17, 15) is 0 Å². The molecule has 2 unspecified atom stereocenters. The van der Waals surface area contributed by atoms with Crippen molar-refractivity contribution in [2.45, 2.75) is 38.9 Å². The van der Waals surface area contributed by atoms with Crippen LogP contribution in [0.3, 0.4) is 0 Å². The molecule has 2 heterocycles. The van der Waals surface area contributed by atoms with Gasteiger partial charge in [0.15, 0.2) is 0 Å². The van der Waals surface area contributed by atoms with E-state index in [-0.39, 0.29) is 0 Å². The van der Waals surface area contributed by atoms with Crippen LogP contribution in [0.2, 0.25) is 0 Å². The largest absolute Gasteiger partial charge is 0.399 e. The first-order chi connectivity index (χ1) is 12.1. The van der Waals surface area contributed by atoms with Gasteiger partial charge in [0.25, 0.3) is 0 Å². The van der Waals surface area contributed by atoms with Crippen molar-refractivity contribution in [1.82, 2.24) is 14.8 Å². The standard InChI is InChI=1S/C21H28N4/c1-15-13-24(14-16(2)23-15)10-5-11-25-20-7-4-3-6-18(20)19-12-17(22)8-9-21(19)25/h3-4,6-9,12,15-16,23H,5,10-11,13-14,22H2,1-2H3. The zero-order valence-electron chi connectivity index (χ0n) is 15.2. The Labute approximate surface area is 149 Å². The van der Waals surface area contributed by atoms with Crippen molar-refractivity contribution < 1.29 is 0 Å². The highest BCUT2D eigenvalue weighted by atomic mass is 15.2. The van der Waals surface area contributed by atoms with Gasteiger partial charge in [-0.15, -0.1) is 0 Å². The van der Waals surface area contributed by atoms with Crippen molar-refractivity contribution in [3.05, 3.63) is 42.5 Å². The Balaban J connectivity index is 1.56. The molecule has 1 aliphatic heterocycles. The topological polar surface area (TPSA) is 46.2 Å². The average molecular weight is 336 g/mol. The van der Waals surface area contributed by atoms with Crippen LogP contribution < -0.4 is 11.1 Å². The van der Waals surface area contributed by atoms with Crippen molar-refractivity contribution in [2.24, 2.45) is 0 Å². The molecule has 3 N–H and O–H groups in total. The predicted molar refractivity (Wildman–Crippen MR) is 107 cm³/mol. The predicted octanol–water partition coefficient (Wildman–Crippen LogP) is 3.45. The van der Waals surface area contributed by atoms with Crippen LogP contribution in [0.5, 0.6) is 0 Å². The highest BCUT2D eigenvalue weighted by molar-refractivity contribution is 6.08. The van der Waals surface area contributed by atoms with Gasteiger partial charge in [0.1, 0.15) is 0 Å².